The van der Waals surface area contributed by atoms with Crippen molar-refractivity contribution in [2.45, 2.75) is 19.8 Å². The van der Waals surface area contributed by atoms with E-state index in [1.165, 1.54) is 0 Å². The van der Waals surface area contributed by atoms with Crippen molar-refractivity contribution in [2.24, 2.45) is 0 Å². The Morgan fingerprint density at radius 2 is 1.96 bits per heavy atom. The number of carbonyl (C=O) groups excluding carboxylic acids is 2. The molecule has 124 valence electrons. The van der Waals surface area contributed by atoms with Crippen molar-refractivity contribution >= 4 is 29.0 Å². The molecule has 1 amide bonds. The minimum atomic E-state index is -0.363. The predicted molar refractivity (Wildman–Crippen MR) is 91.0 cm³/mol. The highest BCUT2D eigenvalue weighted by Crippen LogP contribution is 2.34. The average Bonchev–Trinajstić information content (AvgIpc) is 3.02. The standard InChI is InChI=1S/C18H16ClNO4/c1-2-13(21)8-11-4-3-5-14(19)17(11)18(22)20-12-6-7-15-16(9-12)24-10-23-15/h3-7,9H,2,8,10H2,1H3,(H,20,22). The van der Waals surface area contributed by atoms with Gasteiger partial charge in [-0.15, -0.1) is 0 Å². The number of amides is 1. The first-order valence-corrected chi connectivity index (χ1v) is 7.96. The van der Waals surface area contributed by atoms with Crippen LogP contribution in [-0.2, 0) is 11.2 Å². The summed E-state index contributed by atoms with van der Waals surface area (Å²) < 4.78 is 10.5. The molecule has 0 aromatic heterocycles. The van der Waals surface area contributed by atoms with Gasteiger partial charge in [-0.3, -0.25) is 9.59 Å². The van der Waals surface area contributed by atoms with Crippen LogP contribution in [0.5, 0.6) is 11.5 Å². The van der Waals surface area contributed by atoms with Crippen LogP contribution in [0.25, 0.3) is 0 Å². The van der Waals surface area contributed by atoms with Crippen molar-refractivity contribution in [1.29, 1.82) is 0 Å². The number of Topliss-reactive ketones (excluding diaryl/α,β-unsaturated/α-hetero) is 1. The van der Waals surface area contributed by atoms with Crippen LogP contribution < -0.4 is 14.8 Å². The quantitative estimate of drug-likeness (QED) is 0.894. The van der Waals surface area contributed by atoms with Crippen LogP contribution in [0.3, 0.4) is 0 Å². The molecule has 1 aliphatic rings. The molecule has 1 N–H and O–H groups in total. The summed E-state index contributed by atoms with van der Waals surface area (Å²) in [5, 5.41) is 3.10. The molecule has 2 aromatic carbocycles. The van der Waals surface area contributed by atoms with E-state index in [9.17, 15) is 9.59 Å². The number of benzene rings is 2. The Morgan fingerprint density at radius 3 is 2.75 bits per heavy atom. The van der Waals surface area contributed by atoms with Crippen molar-refractivity contribution in [1.82, 2.24) is 0 Å². The normalized spacial score (nSPS) is 12.1. The SMILES string of the molecule is CCC(=O)Cc1cccc(Cl)c1C(=O)Nc1ccc2c(c1)OCO2. The lowest BCUT2D eigenvalue weighted by Crippen LogP contribution is -2.16. The number of anilines is 1. The van der Waals surface area contributed by atoms with Crippen LogP contribution in [-0.4, -0.2) is 18.5 Å². The van der Waals surface area contributed by atoms with Crippen LogP contribution in [0, 0.1) is 0 Å². The zero-order valence-corrected chi connectivity index (χ0v) is 13.9. The number of carbonyl (C=O) groups is 2. The molecule has 24 heavy (non-hydrogen) atoms. The summed E-state index contributed by atoms with van der Waals surface area (Å²) in [7, 11) is 0. The highest BCUT2D eigenvalue weighted by atomic mass is 35.5. The van der Waals surface area contributed by atoms with Crippen LogP contribution >= 0.6 is 11.6 Å². The van der Waals surface area contributed by atoms with Crippen molar-refractivity contribution in [3.63, 3.8) is 0 Å². The first kappa shape index (κ1) is 16.3. The molecule has 3 rings (SSSR count). The third-order valence-electron chi connectivity index (χ3n) is 3.74. The van der Waals surface area contributed by atoms with Gasteiger partial charge < -0.3 is 14.8 Å². The number of ketones is 1. The maximum absolute atomic E-state index is 12.6. The van der Waals surface area contributed by atoms with Crippen molar-refractivity contribution in [2.75, 3.05) is 12.1 Å². The van der Waals surface area contributed by atoms with Gasteiger partial charge in [0.05, 0.1) is 10.6 Å². The Balaban J connectivity index is 1.85. The molecule has 2 aromatic rings. The molecular formula is C18H16ClNO4. The molecule has 0 fully saturated rings. The van der Waals surface area contributed by atoms with E-state index in [1.807, 2.05) is 0 Å². The maximum atomic E-state index is 12.6. The number of ether oxygens (including phenoxy) is 2. The van der Waals surface area contributed by atoms with Gasteiger partial charge in [-0.2, -0.15) is 0 Å². The third-order valence-corrected chi connectivity index (χ3v) is 4.05. The van der Waals surface area contributed by atoms with Gasteiger partial charge in [-0.05, 0) is 23.8 Å². The molecule has 6 heteroatoms. The second-order valence-corrected chi connectivity index (χ2v) is 5.77. The van der Waals surface area contributed by atoms with Crippen LogP contribution in [0.4, 0.5) is 5.69 Å². The monoisotopic (exact) mass is 345 g/mol. The highest BCUT2D eigenvalue weighted by molar-refractivity contribution is 6.34. The molecule has 5 nitrogen and oxygen atoms in total. The van der Waals surface area contributed by atoms with Gasteiger partial charge in [-0.25, -0.2) is 0 Å². The van der Waals surface area contributed by atoms with Crippen molar-refractivity contribution < 1.29 is 19.1 Å². The average molecular weight is 346 g/mol. The second kappa shape index (κ2) is 6.93. The van der Waals surface area contributed by atoms with Gasteiger partial charge in [-0.1, -0.05) is 30.7 Å². The Labute approximate surface area is 144 Å². The van der Waals surface area contributed by atoms with Gasteiger partial charge in [0.1, 0.15) is 5.78 Å². The zero-order chi connectivity index (χ0) is 17.1. The molecule has 1 aliphatic heterocycles. The summed E-state index contributed by atoms with van der Waals surface area (Å²) in [4.78, 5) is 24.4. The summed E-state index contributed by atoms with van der Waals surface area (Å²) in [5.74, 6) is 0.904. The van der Waals surface area contributed by atoms with Gasteiger partial charge in [0.25, 0.3) is 5.91 Å². The van der Waals surface area contributed by atoms with Crippen molar-refractivity contribution in [3.8, 4) is 11.5 Å². The lowest BCUT2D eigenvalue weighted by Gasteiger charge is -2.12. The number of halogens is 1. The molecule has 0 atom stereocenters. The minimum Gasteiger partial charge on any atom is -0.454 e. The van der Waals surface area contributed by atoms with Crippen LogP contribution in [0.2, 0.25) is 5.02 Å². The van der Waals surface area contributed by atoms with E-state index in [-0.39, 0.29) is 24.9 Å². The summed E-state index contributed by atoms with van der Waals surface area (Å²) in [6, 6.07) is 10.3. The Morgan fingerprint density at radius 1 is 1.17 bits per heavy atom. The lowest BCUT2D eigenvalue weighted by molar-refractivity contribution is -0.118. The topological polar surface area (TPSA) is 64.6 Å². The fourth-order valence-electron chi connectivity index (χ4n) is 2.48. The first-order valence-electron chi connectivity index (χ1n) is 7.58. The molecular weight excluding hydrogens is 330 g/mol. The highest BCUT2D eigenvalue weighted by Gasteiger charge is 2.19. The molecule has 0 spiro atoms. The summed E-state index contributed by atoms with van der Waals surface area (Å²) in [6.07, 6.45) is 0.594. The van der Waals surface area contributed by atoms with Gasteiger partial charge in [0.2, 0.25) is 6.79 Å². The number of hydrogen-bond acceptors (Lipinski definition) is 4. The Bertz CT molecular complexity index is 804. The minimum absolute atomic E-state index is 0.0504. The summed E-state index contributed by atoms with van der Waals surface area (Å²) in [6.45, 7) is 1.96. The fraction of sp³-hybridized carbons (Fsp3) is 0.222. The molecule has 0 bridgehead atoms. The summed E-state index contributed by atoms with van der Waals surface area (Å²) in [5.41, 5.74) is 1.50. The van der Waals surface area contributed by atoms with E-state index in [4.69, 9.17) is 21.1 Å². The van der Waals surface area contributed by atoms with E-state index in [2.05, 4.69) is 5.32 Å². The van der Waals surface area contributed by atoms with Crippen LogP contribution in [0.15, 0.2) is 36.4 Å². The molecule has 0 saturated heterocycles. The van der Waals surface area contributed by atoms with Crippen LogP contribution in [0.1, 0.15) is 29.3 Å². The lowest BCUT2D eigenvalue weighted by atomic mass is 10.0. The molecule has 0 unspecified atom stereocenters. The van der Waals surface area contributed by atoms with Gasteiger partial charge in [0.15, 0.2) is 11.5 Å². The van der Waals surface area contributed by atoms with E-state index >= 15 is 0 Å². The molecule has 0 saturated carbocycles. The van der Waals surface area contributed by atoms with E-state index in [1.54, 1.807) is 43.3 Å². The van der Waals surface area contributed by atoms with E-state index < -0.39 is 0 Å². The fourth-order valence-corrected chi connectivity index (χ4v) is 2.76. The maximum Gasteiger partial charge on any atom is 0.257 e. The van der Waals surface area contributed by atoms with Crippen molar-refractivity contribution in [3.05, 3.63) is 52.5 Å². The molecule has 0 radical (unpaired) electrons. The summed E-state index contributed by atoms with van der Waals surface area (Å²) >= 11 is 6.19. The number of rotatable bonds is 5. The van der Waals surface area contributed by atoms with Gasteiger partial charge >= 0.3 is 0 Å². The number of fused-ring (bicyclic) bond motifs is 1. The molecule has 1 heterocycles. The Kier molecular flexibility index (Phi) is 4.71. The second-order valence-electron chi connectivity index (χ2n) is 5.37. The molecule has 0 aliphatic carbocycles. The van der Waals surface area contributed by atoms with E-state index in [0.717, 1.165) is 0 Å². The van der Waals surface area contributed by atoms with E-state index in [0.29, 0.717) is 39.8 Å². The third kappa shape index (κ3) is 3.36. The Hall–Kier alpha value is -2.53. The largest absolute Gasteiger partial charge is 0.454 e. The predicted octanol–water partition coefficient (Wildman–Crippen LogP) is 3.84. The zero-order valence-electron chi connectivity index (χ0n) is 13.1. The first-order chi connectivity index (χ1) is 11.6. The smallest absolute Gasteiger partial charge is 0.257 e. The number of nitrogens with one attached hydrogen (secondary N) is 1. The number of hydrogen-bond donors (Lipinski definition) is 1. The van der Waals surface area contributed by atoms with Gasteiger partial charge in [0, 0.05) is 24.6 Å².